The van der Waals surface area contributed by atoms with Crippen LogP contribution in [0, 0.1) is 11.8 Å². The fourth-order valence-corrected chi connectivity index (χ4v) is 2.18. The van der Waals surface area contributed by atoms with E-state index in [9.17, 15) is 4.79 Å². The number of carbonyl (C=O) groups is 1. The minimum atomic E-state index is -1.56. The molecule has 1 fully saturated rings. The first-order valence-electron chi connectivity index (χ1n) is 6.57. The topological polar surface area (TPSA) is 17.1 Å². The summed E-state index contributed by atoms with van der Waals surface area (Å²) >= 11 is 0. The first-order chi connectivity index (χ1) is 7.37. The van der Waals surface area contributed by atoms with Crippen molar-refractivity contribution >= 4 is 5.78 Å². The van der Waals surface area contributed by atoms with Gasteiger partial charge in [-0.1, -0.05) is 31.8 Å². The van der Waals surface area contributed by atoms with Gasteiger partial charge in [-0.2, -0.15) is 0 Å². The van der Waals surface area contributed by atoms with Crippen LogP contribution in [-0.4, -0.2) is 5.78 Å². The van der Waals surface area contributed by atoms with Crippen molar-refractivity contribution in [2.75, 3.05) is 0 Å². The number of ketones is 1. The van der Waals surface area contributed by atoms with Gasteiger partial charge in [0.2, 0.25) is 0 Å². The van der Waals surface area contributed by atoms with Crippen LogP contribution >= 0.6 is 0 Å². The Morgan fingerprint density at radius 2 is 2.07 bits per heavy atom. The van der Waals surface area contributed by atoms with E-state index in [-0.39, 0.29) is 11.7 Å². The second-order valence-corrected chi connectivity index (χ2v) is 4.38. The minimum Gasteiger partial charge on any atom is -0.299 e. The smallest absolute Gasteiger partial charge is 0.139 e. The summed E-state index contributed by atoms with van der Waals surface area (Å²) in [6, 6.07) is 0. The third-order valence-corrected chi connectivity index (χ3v) is 2.90. The standard InChI is InChI=1S/C13H22O/c1-10(2)9-11(3)13(14)12-7-5-4-6-8-12/h11-12H,1,4-9H2,2-3H3/i9D2. The number of hydrogen-bond acceptors (Lipinski definition) is 1. The van der Waals surface area contributed by atoms with Gasteiger partial charge in [0.05, 0.1) is 0 Å². The summed E-state index contributed by atoms with van der Waals surface area (Å²) in [7, 11) is 0. The maximum atomic E-state index is 12.2. The summed E-state index contributed by atoms with van der Waals surface area (Å²) in [4.78, 5) is 12.2. The Kier molecular flexibility index (Phi) is 3.31. The molecule has 0 amide bonds. The zero-order valence-corrected chi connectivity index (χ0v) is 9.31. The van der Waals surface area contributed by atoms with Crippen LogP contribution in [-0.2, 0) is 4.79 Å². The van der Waals surface area contributed by atoms with Crippen molar-refractivity contribution in [3.8, 4) is 0 Å². The molecule has 1 aliphatic rings. The third kappa shape index (κ3) is 3.28. The van der Waals surface area contributed by atoms with Crippen LogP contribution in [0.2, 0.25) is 0 Å². The van der Waals surface area contributed by atoms with E-state index < -0.39 is 12.3 Å². The van der Waals surface area contributed by atoms with Crippen molar-refractivity contribution in [1.82, 2.24) is 0 Å². The molecule has 0 aromatic heterocycles. The molecular formula is C13H22O. The average molecular weight is 196 g/mol. The Bertz CT molecular complexity index is 278. The van der Waals surface area contributed by atoms with Crippen LogP contribution < -0.4 is 0 Å². The molecule has 0 aromatic rings. The fraction of sp³-hybridized carbons (Fsp3) is 0.769. The van der Waals surface area contributed by atoms with Crippen molar-refractivity contribution in [3.63, 3.8) is 0 Å². The zero-order chi connectivity index (χ0) is 12.3. The van der Waals surface area contributed by atoms with Crippen LogP contribution in [0.4, 0.5) is 0 Å². The fourth-order valence-electron chi connectivity index (χ4n) is 2.18. The van der Waals surface area contributed by atoms with E-state index >= 15 is 0 Å². The van der Waals surface area contributed by atoms with Crippen LogP contribution in [0.3, 0.4) is 0 Å². The lowest BCUT2D eigenvalue weighted by atomic mass is 9.81. The average Bonchev–Trinajstić information content (AvgIpc) is 2.28. The molecule has 80 valence electrons. The van der Waals surface area contributed by atoms with Gasteiger partial charge in [0, 0.05) is 14.6 Å². The van der Waals surface area contributed by atoms with E-state index in [1.165, 1.54) is 6.42 Å². The molecule has 0 aliphatic heterocycles. The molecule has 1 unspecified atom stereocenters. The number of rotatable bonds is 4. The predicted molar refractivity (Wildman–Crippen MR) is 60.2 cm³/mol. The molecule has 1 heteroatoms. The Hall–Kier alpha value is -0.590. The van der Waals surface area contributed by atoms with Crippen LogP contribution in [0.25, 0.3) is 0 Å². The third-order valence-electron chi connectivity index (χ3n) is 2.90. The molecule has 0 radical (unpaired) electrons. The second-order valence-electron chi connectivity index (χ2n) is 4.38. The molecular weight excluding hydrogens is 172 g/mol. The quantitative estimate of drug-likeness (QED) is 0.626. The monoisotopic (exact) mass is 196 g/mol. The highest BCUT2D eigenvalue weighted by molar-refractivity contribution is 5.83. The molecule has 14 heavy (non-hydrogen) atoms. The molecule has 0 heterocycles. The molecule has 0 N–H and O–H groups in total. The molecule has 1 nitrogen and oxygen atoms in total. The first kappa shape index (κ1) is 8.70. The van der Waals surface area contributed by atoms with Gasteiger partial charge >= 0.3 is 0 Å². The molecule has 1 atom stereocenters. The molecule has 1 rings (SSSR count). The lowest BCUT2D eigenvalue weighted by molar-refractivity contribution is -0.127. The van der Waals surface area contributed by atoms with Gasteiger partial charge in [0.1, 0.15) is 5.78 Å². The maximum Gasteiger partial charge on any atom is 0.139 e. The molecule has 0 saturated heterocycles. The van der Waals surface area contributed by atoms with Gasteiger partial charge < -0.3 is 0 Å². The van der Waals surface area contributed by atoms with Crippen molar-refractivity contribution in [3.05, 3.63) is 12.2 Å². The summed E-state index contributed by atoms with van der Waals surface area (Å²) in [5.74, 6) is -0.390. The van der Waals surface area contributed by atoms with Gasteiger partial charge in [0.15, 0.2) is 0 Å². The molecule has 1 saturated carbocycles. The van der Waals surface area contributed by atoms with Crippen molar-refractivity contribution in [2.45, 2.75) is 52.3 Å². The first-order valence-corrected chi connectivity index (χ1v) is 5.57. The van der Waals surface area contributed by atoms with Crippen LogP contribution in [0.1, 0.15) is 55.1 Å². The highest BCUT2D eigenvalue weighted by atomic mass is 16.1. The van der Waals surface area contributed by atoms with Gasteiger partial charge in [-0.25, -0.2) is 0 Å². The Labute approximate surface area is 90.4 Å². The molecule has 0 spiro atoms. The van der Waals surface area contributed by atoms with Crippen molar-refractivity contribution in [1.29, 1.82) is 0 Å². The van der Waals surface area contributed by atoms with E-state index in [0.717, 1.165) is 25.7 Å². The summed E-state index contributed by atoms with van der Waals surface area (Å²) < 4.78 is 15.8. The Morgan fingerprint density at radius 1 is 1.50 bits per heavy atom. The largest absolute Gasteiger partial charge is 0.299 e. The Balaban J connectivity index is 2.69. The van der Waals surface area contributed by atoms with Gasteiger partial charge in [-0.3, -0.25) is 4.79 Å². The molecule has 0 bridgehead atoms. The van der Waals surface area contributed by atoms with E-state index in [1.54, 1.807) is 13.8 Å². The van der Waals surface area contributed by atoms with E-state index in [4.69, 9.17) is 2.74 Å². The van der Waals surface area contributed by atoms with Crippen molar-refractivity contribution < 1.29 is 7.54 Å². The van der Waals surface area contributed by atoms with Gasteiger partial charge in [-0.15, -0.1) is 6.58 Å². The second kappa shape index (κ2) is 5.33. The van der Waals surface area contributed by atoms with Crippen LogP contribution in [0.15, 0.2) is 12.2 Å². The Morgan fingerprint density at radius 3 is 2.57 bits per heavy atom. The van der Waals surface area contributed by atoms with Gasteiger partial charge in [-0.05, 0) is 26.1 Å². The van der Waals surface area contributed by atoms with E-state index in [1.807, 2.05) is 0 Å². The highest BCUT2D eigenvalue weighted by Crippen LogP contribution is 2.28. The summed E-state index contributed by atoms with van der Waals surface area (Å²) in [5, 5.41) is 0. The molecule has 0 aromatic carbocycles. The van der Waals surface area contributed by atoms with Crippen molar-refractivity contribution in [2.24, 2.45) is 11.8 Å². The van der Waals surface area contributed by atoms with E-state index in [0.29, 0.717) is 5.57 Å². The maximum absolute atomic E-state index is 12.2. The SMILES string of the molecule is [2H]C([2H])(C(=C)C)C(C)C(=O)C1CCCCC1. The molecule has 1 aliphatic carbocycles. The predicted octanol–water partition coefficient (Wildman–Crippen LogP) is 3.74. The zero-order valence-electron chi connectivity index (χ0n) is 11.3. The number of allylic oxidation sites excluding steroid dienone is 1. The van der Waals surface area contributed by atoms with Crippen LogP contribution in [0.5, 0.6) is 0 Å². The number of hydrogen-bond donors (Lipinski definition) is 0. The van der Waals surface area contributed by atoms with E-state index in [2.05, 4.69) is 6.58 Å². The summed E-state index contributed by atoms with van der Waals surface area (Å²) in [5.41, 5.74) is 0.448. The number of carbonyl (C=O) groups excluding carboxylic acids is 1. The lowest BCUT2D eigenvalue weighted by Gasteiger charge is -2.23. The van der Waals surface area contributed by atoms with Gasteiger partial charge in [0.25, 0.3) is 0 Å². The lowest BCUT2D eigenvalue weighted by Crippen LogP contribution is -2.23. The highest BCUT2D eigenvalue weighted by Gasteiger charge is 2.24. The summed E-state index contributed by atoms with van der Waals surface area (Å²) in [6.45, 7) is 7.01. The minimum absolute atomic E-state index is 0.0816. The normalized spacial score (nSPS) is 23.6. The summed E-state index contributed by atoms with van der Waals surface area (Å²) in [6.07, 6.45) is 3.75. The number of Topliss-reactive ketones (excluding diaryl/α,β-unsaturated/α-hetero) is 1.